The lowest BCUT2D eigenvalue weighted by molar-refractivity contribution is 0.0600. The maximum absolute atomic E-state index is 13.6. The number of hydrogen-bond acceptors (Lipinski definition) is 7. The molecule has 184 valence electrons. The Morgan fingerprint density at radius 2 is 2.03 bits per heavy atom. The smallest absolute Gasteiger partial charge is 0.351 e. The summed E-state index contributed by atoms with van der Waals surface area (Å²) in [6.45, 7) is 1.68. The highest BCUT2D eigenvalue weighted by molar-refractivity contribution is 7.16. The van der Waals surface area contributed by atoms with Crippen LogP contribution in [0, 0.1) is 5.82 Å². The van der Waals surface area contributed by atoms with Crippen molar-refractivity contribution < 1.29 is 23.8 Å². The van der Waals surface area contributed by atoms with E-state index in [0.717, 1.165) is 28.2 Å². The zero-order valence-electron chi connectivity index (χ0n) is 19.4. The number of carbonyl (C=O) groups excluding carboxylic acids is 1. The number of carbonyl (C=O) groups is 1. The summed E-state index contributed by atoms with van der Waals surface area (Å²) < 4.78 is 28.2. The number of hydrogen-bond donors (Lipinski definition) is 1. The van der Waals surface area contributed by atoms with Gasteiger partial charge in [-0.15, -0.1) is 11.3 Å². The first-order chi connectivity index (χ1) is 17.3. The first-order valence-electron chi connectivity index (χ1n) is 10.8. The number of nitrogens with zero attached hydrogens (tertiary/aromatic N) is 4. The van der Waals surface area contributed by atoms with Crippen LogP contribution < -0.4 is 4.74 Å². The lowest BCUT2D eigenvalue weighted by atomic mass is 10.1. The number of thiophene rings is 1. The van der Waals surface area contributed by atoms with Crippen LogP contribution in [-0.4, -0.2) is 37.5 Å². The van der Waals surface area contributed by atoms with Gasteiger partial charge in [-0.05, 0) is 30.7 Å². The second-order valence-electron chi connectivity index (χ2n) is 8.05. The molecule has 3 heterocycles. The number of esters is 1. The standard InChI is InChI=1S/C25H20ClFN4O4S/c1-13(16-5-6-17(27)23(32)22(16)26)35-20-9-21(36-24(20)25(33)34-3)31-12-28-18-8-14(4-7-19(18)31)15-10-29-30(2)11-15/h4-13,32H,1-3H3/t13-/m1/s1. The van der Waals surface area contributed by atoms with Gasteiger partial charge in [-0.3, -0.25) is 9.25 Å². The first kappa shape index (κ1) is 23.8. The molecular formula is C25H20ClFN4O4S. The van der Waals surface area contributed by atoms with Crippen molar-refractivity contribution in [2.75, 3.05) is 7.11 Å². The van der Waals surface area contributed by atoms with Gasteiger partial charge in [0.15, 0.2) is 16.4 Å². The van der Waals surface area contributed by atoms with Gasteiger partial charge in [0.1, 0.15) is 23.2 Å². The van der Waals surface area contributed by atoms with Gasteiger partial charge in [0.05, 0.1) is 29.4 Å². The minimum Gasteiger partial charge on any atom is -0.504 e. The number of ether oxygens (including phenoxy) is 2. The molecule has 1 atom stereocenters. The van der Waals surface area contributed by atoms with E-state index in [1.807, 2.05) is 36.0 Å². The summed E-state index contributed by atoms with van der Waals surface area (Å²) >= 11 is 7.31. The van der Waals surface area contributed by atoms with E-state index in [4.69, 9.17) is 21.1 Å². The monoisotopic (exact) mass is 526 g/mol. The van der Waals surface area contributed by atoms with E-state index >= 15 is 0 Å². The largest absolute Gasteiger partial charge is 0.504 e. The molecule has 0 unspecified atom stereocenters. The summed E-state index contributed by atoms with van der Waals surface area (Å²) in [6, 6.07) is 10.1. The fraction of sp³-hybridized carbons (Fsp3) is 0.160. The Kier molecular flexibility index (Phi) is 6.15. The average molecular weight is 527 g/mol. The molecule has 0 aliphatic carbocycles. The molecular weight excluding hydrogens is 507 g/mol. The van der Waals surface area contributed by atoms with Gasteiger partial charge in [0.2, 0.25) is 0 Å². The topological polar surface area (TPSA) is 91.4 Å². The number of phenolic OH excluding ortho intramolecular Hbond substituents is 1. The number of phenols is 1. The normalized spacial score (nSPS) is 12.1. The molecule has 3 aromatic heterocycles. The summed E-state index contributed by atoms with van der Waals surface area (Å²) in [5, 5.41) is 14.6. The SMILES string of the molecule is COC(=O)c1sc(-n2cnc3cc(-c4cnn(C)c4)ccc32)cc1O[C@H](C)c1ccc(F)c(O)c1Cl. The van der Waals surface area contributed by atoms with E-state index in [2.05, 4.69) is 10.1 Å². The minimum absolute atomic E-state index is 0.150. The second kappa shape index (κ2) is 9.29. The highest BCUT2D eigenvalue weighted by Crippen LogP contribution is 2.39. The molecule has 0 saturated heterocycles. The van der Waals surface area contributed by atoms with Crippen molar-refractivity contribution in [3.05, 3.63) is 76.4 Å². The van der Waals surface area contributed by atoms with Gasteiger partial charge in [-0.1, -0.05) is 23.7 Å². The molecule has 36 heavy (non-hydrogen) atoms. The van der Waals surface area contributed by atoms with Gasteiger partial charge < -0.3 is 14.6 Å². The third-order valence-electron chi connectivity index (χ3n) is 5.72. The second-order valence-corrected chi connectivity index (χ2v) is 9.46. The first-order valence-corrected chi connectivity index (χ1v) is 12.0. The Bertz CT molecular complexity index is 1610. The summed E-state index contributed by atoms with van der Waals surface area (Å²) in [4.78, 5) is 17.3. The fourth-order valence-corrected chi connectivity index (χ4v) is 5.17. The van der Waals surface area contributed by atoms with Gasteiger partial charge in [-0.2, -0.15) is 5.10 Å². The zero-order valence-corrected chi connectivity index (χ0v) is 21.0. The molecule has 5 rings (SSSR count). The van der Waals surface area contributed by atoms with Gasteiger partial charge >= 0.3 is 5.97 Å². The molecule has 0 bridgehead atoms. The molecule has 8 nitrogen and oxygen atoms in total. The molecule has 0 radical (unpaired) electrons. The van der Waals surface area contributed by atoms with E-state index < -0.39 is 23.6 Å². The summed E-state index contributed by atoms with van der Waals surface area (Å²) in [5.74, 6) is -1.78. The molecule has 11 heteroatoms. The van der Waals surface area contributed by atoms with Crippen molar-refractivity contribution in [1.82, 2.24) is 19.3 Å². The number of methoxy groups -OCH3 is 1. The Morgan fingerprint density at radius 3 is 2.75 bits per heavy atom. The zero-order chi connectivity index (χ0) is 25.6. The molecule has 0 spiro atoms. The van der Waals surface area contributed by atoms with Crippen LogP contribution in [0.5, 0.6) is 11.5 Å². The van der Waals surface area contributed by atoms with Crippen molar-refractivity contribution in [3.63, 3.8) is 0 Å². The van der Waals surface area contributed by atoms with Crippen molar-refractivity contribution in [2.24, 2.45) is 7.05 Å². The molecule has 2 aromatic carbocycles. The maximum Gasteiger partial charge on any atom is 0.351 e. The van der Waals surface area contributed by atoms with E-state index in [1.165, 1.54) is 24.5 Å². The molecule has 0 fully saturated rings. The van der Waals surface area contributed by atoms with Crippen LogP contribution in [0.2, 0.25) is 5.02 Å². The lowest BCUT2D eigenvalue weighted by Crippen LogP contribution is -2.07. The van der Waals surface area contributed by atoms with Gasteiger partial charge in [0, 0.05) is 30.4 Å². The van der Waals surface area contributed by atoms with Crippen LogP contribution in [0.15, 0.2) is 55.1 Å². The number of halogens is 2. The number of aromatic hydroxyl groups is 1. The summed E-state index contributed by atoms with van der Waals surface area (Å²) in [6.07, 6.45) is 4.69. The Balaban J connectivity index is 1.51. The Hall–Kier alpha value is -3.89. The number of aryl methyl sites for hydroxylation is 1. The molecule has 0 aliphatic rings. The van der Waals surface area contributed by atoms with Crippen LogP contribution in [-0.2, 0) is 11.8 Å². The number of rotatable bonds is 6. The van der Waals surface area contributed by atoms with Crippen LogP contribution in [0.3, 0.4) is 0 Å². The van der Waals surface area contributed by atoms with Crippen LogP contribution >= 0.6 is 22.9 Å². The molecule has 0 aliphatic heterocycles. The number of benzene rings is 2. The number of aromatic nitrogens is 4. The number of imidazole rings is 1. The van der Waals surface area contributed by atoms with Gasteiger partial charge in [0.25, 0.3) is 0 Å². The Morgan fingerprint density at radius 1 is 1.22 bits per heavy atom. The van der Waals surface area contributed by atoms with E-state index in [0.29, 0.717) is 10.6 Å². The fourth-order valence-electron chi connectivity index (χ4n) is 3.87. The van der Waals surface area contributed by atoms with Crippen LogP contribution in [0.25, 0.3) is 27.2 Å². The lowest BCUT2D eigenvalue weighted by Gasteiger charge is -2.17. The minimum atomic E-state index is -0.831. The van der Waals surface area contributed by atoms with Gasteiger partial charge in [-0.25, -0.2) is 14.2 Å². The van der Waals surface area contributed by atoms with Crippen molar-refractivity contribution in [3.8, 4) is 27.6 Å². The molecule has 0 saturated carbocycles. The van der Waals surface area contributed by atoms with Crippen molar-refractivity contribution in [1.29, 1.82) is 0 Å². The average Bonchev–Trinajstić information content (AvgIpc) is 3.59. The van der Waals surface area contributed by atoms with Crippen molar-refractivity contribution >= 4 is 39.9 Å². The molecule has 1 N–H and O–H groups in total. The van der Waals surface area contributed by atoms with Crippen LogP contribution in [0.4, 0.5) is 4.39 Å². The third kappa shape index (κ3) is 4.18. The third-order valence-corrected chi connectivity index (χ3v) is 7.21. The molecule has 5 aromatic rings. The quantitative estimate of drug-likeness (QED) is 0.276. The molecule has 0 amide bonds. The van der Waals surface area contributed by atoms with Crippen LogP contribution in [0.1, 0.15) is 28.3 Å². The predicted octanol–water partition coefficient (Wildman–Crippen LogP) is 5.91. The highest BCUT2D eigenvalue weighted by atomic mass is 35.5. The predicted molar refractivity (Wildman–Crippen MR) is 135 cm³/mol. The number of fused-ring (bicyclic) bond motifs is 1. The van der Waals surface area contributed by atoms with E-state index in [-0.39, 0.29) is 15.6 Å². The highest BCUT2D eigenvalue weighted by Gasteiger charge is 2.24. The summed E-state index contributed by atoms with van der Waals surface area (Å²) in [7, 11) is 3.15. The van der Waals surface area contributed by atoms with E-state index in [9.17, 15) is 14.3 Å². The van der Waals surface area contributed by atoms with E-state index in [1.54, 1.807) is 30.2 Å². The maximum atomic E-state index is 13.6. The Labute approximate surface area is 214 Å². The summed E-state index contributed by atoms with van der Waals surface area (Å²) in [5.41, 5.74) is 3.95. The van der Waals surface area contributed by atoms with Crippen molar-refractivity contribution in [2.45, 2.75) is 13.0 Å².